The minimum absolute atomic E-state index is 0.673. The lowest BCUT2D eigenvalue weighted by Gasteiger charge is -2.11. The molecular weight excluding hydrogens is 326 g/mol. The predicted octanol–water partition coefficient (Wildman–Crippen LogP) is 3.65. The molecule has 0 spiro atoms. The van der Waals surface area contributed by atoms with E-state index in [1.807, 2.05) is 37.3 Å². The quantitative estimate of drug-likeness (QED) is 0.551. The minimum atomic E-state index is 0.673. The van der Waals surface area contributed by atoms with E-state index < -0.39 is 0 Å². The third kappa shape index (κ3) is 2.65. The number of rotatable bonds is 5. The molecule has 2 heterocycles. The molecular formula is C21H23N3O2. The summed E-state index contributed by atoms with van der Waals surface area (Å²) in [5.74, 6) is 0.892. The van der Waals surface area contributed by atoms with Crippen molar-refractivity contribution in [2.75, 3.05) is 34.4 Å². The maximum Gasteiger partial charge on any atom is 0.120 e. The fourth-order valence-corrected chi connectivity index (χ4v) is 3.51. The van der Waals surface area contributed by atoms with E-state index in [-0.39, 0.29) is 0 Å². The number of aryl methyl sites for hydroxylation is 1. The second-order valence-corrected chi connectivity index (χ2v) is 6.82. The lowest BCUT2D eigenvalue weighted by molar-refractivity contribution is 0.190. The molecule has 2 aromatic carbocycles. The Hall–Kier alpha value is -2.79. The van der Waals surface area contributed by atoms with E-state index in [1.165, 1.54) is 5.39 Å². The molecule has 0 unspecified atom stereocenters. The van der Waals surface area contributed by atoms with Crippen molar-refractivity contribution in [1.29, 1.82) is 0 Å². The van der Waals surface area contributed by atoms with Gasteiger partial charge in [-0.15, -0.1) is 0 Å². The zero-order valence-corrected chi connectivity index (χ0v) is 15.6. The summed E-state index contributed by atoms with van der Waals surface area (Å²) in [6, 6.07) is 10.5. The number of pyridine rings is 1. The van der Waals surface area contributed by atoms with E-state index in [1.54, 1.807) is 7.11 Å². The van der Waals surface area contributed by atoms with Crippen molar-refractivity contribution in [3.8, 4) is 5.75 Å². The van der Waals surface area contributed by atoms with Crippen LogP contribution in [0, 0.1) is 6.92 Å². The number of fused-ring (bicyclic) bond motifs is 5. The van der Waals surface area contributed by atoms with Gasteiger partial charge in [-0.05, 0) is 61.6 Å². The maximum absolute atomic E-state index is 5.89. The van der Waals surface area contributed by atoms with Crippen LogP contribution in [0.2, 0.25) is 0 Å². The first-order valence-corrected chi connectivity index (χ1v) is 8.73. The monoisotopic (exact) mass is 349 g/mol. The molecule has 0 aliphatic carbocycles. The van der Waals surface area contributed by atoms with E-state index in [2.05, 4.69) is 41.1 Å². The fourth-order valence-electron chi connectivity index (χ4n) is 3.51. The minimum Gasteiger partial charge on any atom is -0.492 e. The third-order valence-electron chi connectivity index (χ3n) is 4.75. The number of nitrogens with zero attached hydrogens (tertiary/aromatic N) is 3. The van der Waals surface area contributed by atoms with E-state index in [0.717, 1.165) is 45.0 Å². The first kappa shape index (κ1) is 16.7. The molecule has 0 fully saturated rings. The van der Waals surface area contributed by atoms with Gasteiger partial charge in [0.1, 0.15) is 19.5 Å². The topological polar surface area (TPSA) is 39.5 Å². The van der Waals surface area contributed by atoms with Crippen LogP contribution in [0.3, 0.4) is 0 Å². The zero-order valence-electron chi connectivity index (χ0n) is 15.6. The molecule has 0 bridgehead atoms. The average Bonchev–Trinajstić information content (AvgIpc) is 2.96. The molecule has 4 rings (SSSR count). The van der Waals surface area contributed by atoms with Gasteiger partial charge in [-0.25, -0.2) is 0 Å². The molecule has 0 atom stereocenters. The number of hydrogen-bond donors (Lipinski definition) is 0. The molecule has 0 radical (unpaired) electrons. The third-order valence-corrected chi connectivity index (χ3v) is 4.75. The Morgan fingerprint density at radius 3 is 2.69 bits per heavy atom. The van der Waals surface area contributed by atoms with E-state index >= 15 is 0 Å². The van der Waals surface area contributed by atoms with Crippen LogP contribution in [0.1, 0.15) is 5.56 Å². The Balaban J connectivity index is 1.90. The maximum atomic E-state index is 5.89. The Kier molecular flexibility index (Phi) is 4.17. The van der Waals surface area contributed by atoms with Crippen molar-refractivity contribution in [1.82, 2.24) is 14.6 Å². The summed E-state index contributed by atoms with van der Waals surface area (Å²) < 4.78 is 7.78. The standard InChI is InChI=1S/C21H23N3O2/c1-14-12-22-13-18-20-17-7-6-16(26-10-9-23(2)3)11-15(17)5-8-19(20)24(25-4)21(14)18/h5-8,11-13H,9-10H2,1-4H3. The number of benzene rings is 2. The van der Waals surface area contributed by atoms with Crippen molar-refractivity contribution in [2.45, 2.75) is 6.92 Å². The SMILES string of the molecule is COn1c2ccc3cc(OCCN(C)C)ccc3c2c2cncc(C)c21. The largest absolute Gasteiger partial charge is 0.492 e. The molecule has 0 saturated carbocycles. The zero-order chi connectivity index (χ0) is 18.3. The van der Waals surface area contributed by atoms with Gasteiger partial charge < -0.3 is 14.5 Å². The smallest absolute Gasteiger partial charge is 0.120 e. The molecule has 26 heavy (non-hydrogen) atoms. The molecule has 134 valence electrons. The molecule has 5 nitrogen and oxygen atoms in total. The van der Waals surface area contributed by atoms with Gasteiger partial charge in [0.15, 0.2) is 0 Å². The molecule has 2 aromatic heterocycles. The van der Waals surface area contributed by atoms with Gasteiger partial charge in [0.2, 0.25) is 0 Å². The van der Waals surface area contributed by atoms with Gasteiger partial charge in [0, 0.05) is 29.7 Å². The van der Waals surface area contributed by atoms with Crippen LogP contribution in [0.15, 0.2) is 42.7 Å². The summed E-state index contributed by atoms with van der Waals surface area (Å²) in [6.07, 6.45) is 3.79. The Labute approximate surface area is 152 Å². The highest BCUT2D eigenvalue weighted by Gasteiger charge is 2.16. The molecule has 5 heteroatoms. The van der Waals surface area contributed by atoms with Crippen LogP contribution >= 0.6 is 0 Å². The van der Waals surface area contributed by atoms with Crippen LogP contribution < -0.4 is 9.57 Å². The summed E-state index contributed by atoms with van der Waals surface area (Å²) in [6.45, 7) is 3.62. The number of likely N-dealkylation sites (N-methyl/N-ethyl adjacent to an activating group) is 1. The van der Waals surface area contributed by atoms with Crippen LogP contribution in [0.4, 0.5) is 0 Å². The average molecular weight is 349 g/mol. The van der Waals surface area contributed by atoms with Gasteiger partial charge in [0.05, 0.1) is 11.0 Å². The summed E-state index contributed by atoms with van der Waals surface area (Å²) in [4.78, 5) is 12.2. The fraction of sp³-hybridized carbons (Fsp3) is 0.286. The van der Waals surface area contributed by atoms with Crippen molar-refractivity contribution < 1.29 is 9.57 Å². The number of hydrogen-bond acceptors (Lipinski definition) is 4. The summed E-state index contributed by atoms with van der Waals surface area (Å²) >= 11 is 0. The Morgan fingerprint density at radius 1 is 1.08 bits per heavy atom. The van der Waals surface area contributed by atoms with Crippen molar-refractivity contribution in [2.24, 2.45) is 0 Å². The molecule has 0 aliphatic rings. The number of ether oxygens (including phenoxy) is 1. The van der Waals surface area contributed by atoms with Crippen LogP contribution in [-0.2, 0) is 0 Å². The van der Waals surface area contributed by atoms with Gasteiger partial charge in [-0.3, -0.25) is 4.98 Å². The van der Waals surface area contributed by atoms with Crippen molar-refractivity contribution >= 4 is 32.6 Å². The van der Waals surface area contributed by atoms with Gasteiger partial charge in [-0.2, -0.15) is 4.73 Å². The van der Waals surface area contributed by atoms with E-state index in [4.69, 9.17) is 9.57 Å². The summed E-state index contributed by atoms with van der Waals surface area (Å²) in [7, 11) is 5.79. The van der Waals surface area contributed by atoms with Crippen LogP contribution in [0.25, 0.3) is 32.6 Å². The Bertz CT molecular complexity index is 1100. The van der Waals surface area contributed by atoms with Gasteiger partial charge in [0.25, 0.3) is 0 Å². The number of aromatic nitrogens is 2. The first-order valence-electron chi connectivity index (χ1n) is 8.73. The predicted molar refractivity (Wildman–Crippen MR) is 106 cm³/mol. The summed E-state index contributed by atoms with van der Waals surface area (Å²) in [5.41, 5.74) is 3.21. The van der Waals surface area contributed by atoms with E-state index in [0.29, 0.717) is 6.61 Å². The lowest BCUT2D eigenvalue weighted by Crippen LogP contribution is -2.19. The van der Waals surface area contributed by atoms with Crippen molar-refractivity contribution in [3.63, 3.8) is 0 Å². The molecule has 0 aliphatic heterocycles. The van der Waals surface area contributed by atoms with Gasteiger partial charge in [-0.1, -0.05) is 6.07 Å². The molecule has 0 saturated heterocycles. The first-order chi connectivity index (χ1) is 12.6. The van der Waals surface area contributed by atoms with E-state index in [9.17, 15) is 0 Å². The lowest BCUT2D eigenvalue weighted by atomic mass is 10.0. The highest BCUT2D eigenvalue weighted by molar-refractivity contribution is 6.20. The second-order valence-electron chi connectivity index (χ2n) is 6.82. The highest BCUT2D eigenvalue weighted by Crippen LogP contribution is 2.36. The Morgan fingerprint density at radius 2 is 1.92 bits per heavy atom. The van der Waals surface area contributed by atoms with Crippen LogP contribution in [-0.4, -0.2) is 49.0 Å². The van der Waals surface area contributed by atoms with Crippen LogP contribution in [0.5, 0.6) is 5.75 Å². The van der Waals surface area contributed by atoms with Crippen molar-refractivity contribution in [3.05, 3.63) is 48.3 Å². The summed E-state index contributed by atoms with van der Waals surface area (Å²) in [5, 5.41) is 4.59. The second kappa shape index (κ2) is 6.50. The molecule has 4 aromatic rings. The molecule has 0 amide bonds. The highest BCUT2D eigenvalue weighted by atomic mass is 16.6. The molecule has 0 N–H and O–H groups in total. The normalized spacial score (nSPS) is 11.7. The van der Waals surface area contributed by atoms with Gasteiger partial charge >= 0.3 is 0 Å².